The quantitative estimate of drug-likeness (QED) is 0.420. The average Bonchev–Trinajstić information content (AvgIpc) is 2.52. The summed E-state index contributed by atoms with van der Waals surface area (Å²) in [4.78, 5) is 23.0. The molecule has 0 aromatic heterocycles. The molecule has 0 aliphatic rings. The number of halogens is 2. The van der Waals surface area contributed by atoms with E-state index in [1.54, 1.807) is 0 Å². The highest BCUT2D eigenvalue weighted by Crippen LogP contribution is 2.28. The van der Waals surface area contributed by atoms with E-state index < -0.39 is 0 Å². The Morgan fingerprint density at radius 1 is 1.22 bits per heavy atom. The zero-order valence-electron chi connectivity index (χ0n) is 13.2. The van der Waals surface area contributed by atoms with E-state index in [0.717, 1.165) is 19.3 Å². The van der Waals surface area contributed by atoms with Gasteiger partial charge in [0.1, 0.15) is 5.75 Å². The van der Waals surface area contributed by atoms with Gasteiger partial charge in [0, 0.05) is 19.0 Å². The molecular weight excluding hydrogens is 343 g/mol. The second-order valence-electron chi connectivity index (χ2n) is 4.72. The van der Waals surface area contributed by atoms with Crippen LogP contribution >= 0.6 is 24.0 Å². The number of ether oxygens (including phenoxy) is 2. The monoisotopic (exact) mass is 364 g/mol. The number of hydrogen-bond acceptors (Lipinski definition) is 5. The molecule has 0 aliphatic heterocycles. The highest BCUT2D eigenvalue weighted by molar-refractivity contribution is 6.33. The summed E-state index contributed by atoms with van der Waals surface area (Å²) < 4.78 is 9.69. The van der Waals surface area contributed by atoms with Crippen molar-refractivity contribution >= 4 is 41.6 Å². The van der Waals surface area contributed by atoms with E-state index in [2.05, 4.69) is 10.1 Å². The van der Waals surface area contributed by atoms with E-state index in [4.69, 9.17) is 22.1 Å². The number of benzene rings is 1. The van der Waals surface area contributed by atoms with Gasteiger partial charge in [-0.2, -0.15) is 0 Å². The minimum atomic E-state index is -0.272. The van der Waals surface area contributed by atoms with Gasteiger partial charge in [-0.1, -0.05) is 18.0 Å². The van der Waals surface area contributed by atoms with E-state index >= 15 is 0 Å². The molecule has 0 atom stereocenters. The zero-order valence-corrected chi connectivity index (χ0v) is 14.8. The van der Waals surface area contributed by atoms with Gasteiger partial charge in [-0.15, -0.1) is 12.4 Å². The molecule has 130 valence electrons. The van der Waals surface area contributed by atoms with E-state index in [1.165, 1.54) is 26.4 Å². The summed E-state index contributed by atoms with van der Waals surface area (Å²) in [5, 5.41) is 3.10. The van der Waals surface area contributed by atoms with Crippen LogP contribution in [0, 0.1) is 0 Å². The molecule has 23 heavy (non-hydrogen) atoms. The number of nitrogen functional groups attached to an aromatic ring is 1. The summed E-state index contributed by atoms with van der Waals surface area (Å²) in [6.45, 7) is 0.505. The molecule has 1 rings (SSSR count). The van der Waals surface area contributed by atoms with Gasteiger partial charge in [-0.3, -0.25) is 9.59 Å². The minimum absolute atomic E-state index is 0. The number of methoxy groups -OCH3 is 2. The van der Waals surface area contributed by atoms with Crippen molar-refractivity contribution in [2.24, 2.45) is 0 Å². The highest BCUT2D eigenvalue weighted by Gasteiger charge is 2.14. The van der Waals surface area contributed by atoms with Gasteiger partial charge in [0.2, 0.25) is 0 Å². The number of nitrogens with one attached hydrogen (secondary N) is 1. The van der Waals surface area contributed by atoms with Crippen molar-refractivity contribution in [1.29, 1.82) is 0 Å². The summed E-state index contributed by atoms with van der Waals surface area (Å²) in [6, 6.07) is 3.01. The normalized spacial score (nSPS) is 9.70. The van der Waals surface area contributed by atoms with Crippen molar-refractivity contribution in [3.63, 3.8) is 0 Å². The zero-order chi connectivity index (χ0) is 16.5. The first kappa shape index (κ1) is 21.3. The van der Waals surface area contributed by atoms with Gasteiger partial charge in [0.25, 0.3) is 5.91 Å². The third-order valence-corrected chi connectivity index (χ3v) is 3.46. The van der Waals surface area contributed by atoms with Gasteiger partial charge < -0.3 is 20.5 Å². The topological polar surface area (TPSA) is 90.7 Å². The predicted octanol–water partition coefficient (Wildman–Crippen LogP) is 2.82. The minimum Gasteiger partial charge on any atom is -0.496 e. The maximum atomic E-state index is 12.1. The number of carbonyl (C=O) groups excluding carboxylic acids is 2. The van der Waals surface area contributed by atoms with Crippen LogP contribution in [0.5, 0.6) is 5.75 Å². The van der Waals surface area contributed by atoms with Crippen molar-refractivity contribution in [1.82, 2.24) is 5.32 Å². The molecule has 0 saturated heterocycles. The molecule has 0 saturated carbocycles. The molecule has 0 radical (unpaired) electrons. The number of carbonyl (C=O) groups is 2. The number of hydrogen-bond donors (Lipinski definition) is 2. The second-order valence-corrected chi connectivity index (χ2v) is 5.12. The van der Waals surface area contributed by atoms with Crippen LogP contribution in [0.15, 0.2) is 12.1 Å². The predicted molar refractivity (Wildman–Crippen MR) is 92.5 cm³/mol. The number of anilines is 1. The Bertz CT molecular complexity index is 538. The van der Waals surface area contributed by atoms with Gasteiger partial charge in [-0.05, 0) is 18.9 Å². The first-order chi connectivity index (χ1) is 10.5. The Labute approximate surface area is 147 Å². The maximum Gasteiger partial charge on any atom is 0.305 e. The third kappa shape index (κ3) is 6.97. The molecule has 0 aliphatic carbocycles. The van der Waals surface area contributed by atoms with Crippen LogP contribution in [-0.4, -0.2) is 32.6 Å². The molecule has 0 bridgehead atoms. The molecule has 0 unspecified atom stereocenters. The molecule has 0 fully saturated rings. The lowest BCUT2D eigenvalue weighted by Crippen LogP contribution is -2.25. The second kappa shape index (κ2) is 11.0. The molecule has 8 heteroatoms. The Morgan fingerprint density at radius 3 is 2.52 bits per heavy atom. The number of nitrogens with two attached hydrogens (primary N) is 1. The molecule has 6 nitrogen and oxygen atoms in total. The van der Waals surface area contributed by atoms with Crippen molar-refractivity contribution in [3.05, 3.63) is 22.7 Å². The van der Waals surface area contributed by atoms with Crippen LogP contribution < -0.4 is 15.8 Å². The Morgan fingerprint density at radius 2 is 1.91 bits per heavy atom. The summed E-state index contributed by atoms with van der Waals surface area (Å²) in [6.07, 6.45) is 2.73. The lowest BCUT2D eigenvalue weighted by atomic mass is 10.1. The molecule has 1 aromatic rings. The summed E-state index contributed by atoms with van der Waals surface area (Å²) in [5.41, 5.74) is 6.38. The van der Waals surface area contributed by atoms with E-state index in [-0.39, 0.29) is 24.3 Å². The standard InChI is InChI=1S/C15H21ClN2O4.ClH/c1-21-13-9-12(17)11(16)8-10(13)15(20)18-7-5-3-4-6-14(19)22-2;/h8-9H,3-7,17H2,1-2H3,(H,18,20);1H. The smallest absolute Gasteiger partial charge is 0.305 e. The van der Waals surface area contributed by atoms with E-state index in [1.807, 2.05) is 0 Å². The number of rotatable bonds is 8. The summed E-state index contributed by atoms with van der Waals surface area (Å²) in [7, 11) is 2.83. The van der Waals surface area contributed by atoms with Crippen LogP contribution in [0.2, 0.25) is 5.02 Å². The molecule has 3 N–H and O–H groups in total. The van der Waals surface area contributed by atoms with Gasteiger partial charge in [-0.25, -0.2) is 0 Å². The molecule has 1 amide bonds. The molecular formula is C15H22Cl2N2O4. The lowest BCUT2D eigenvalue weighted by Gasteiger charge is -2.11. The van der Waals surface area contributed by atoms with Crippen LogP contribution in [0.25, 0.3) is 0 Å². The van der Waals surface area contributed by atoms with Crippen LogP contribution in [-0.2, 0) is 9.53 Å². The van der Waals surface area contributed by atoms with Crippen molar-refractivity contribution < 1.29 is 19.1 Å². The molecule has 0 heterocycles. The van der Waals surface area contributed by atoms with E-state index in [0.29, 0.717) is 35.0 Å². The van der Waals surface area contributed by atoms with Gasteiger partial charge in [0.15, 0.2) is 0 Å². The lowest BCUT2D eigenvalue weighted by molar-refractivity contribution is -0.140. The third-order valence-electron chi connectivity index (χ3n) is 3.13. The van der Waals surface area contributed by atoms with Crippen LogP contribution in [0.3, 0.4) is 0 Å². The van der Waals surface area contributed by atoms with Gasteiger partial charge >= 0.3 is 5.97 Å². The first-order valence-corrected chi connectivity index (χ1v) is 7.35. The number of unbranched alkanes of at least 4 members (excludes halogenated alkanes) is 2. The summed E-state index contributed by atoms with van der Waals surface area (Å²) >= 11 is 5.93. The Kier molecular flexibility index (Phi) is 10.2. The highest BCUT2D eigenvalue weighted by atomic mass is 35.5. The van der Waals surface area contributed by atoms with Crippen LogP contribution in [0.1, 0.15) is 36.0 Å². The fourth-order valence-corrected chi connectivity index (χ4v) is 2.05. The fraction of sp³-hybridized carbons (Fsp3) is 0.467. The summed E-state index contributed by atoms with van der Waals surface area (Å²) in [5.74, 6) is -0.109. The number of esters is 1. The fourth-order valence-electron chi connectivity index (χ4n) is 1.89. The average molecular weight is 365 g/mol. The molecule has 0 spiro atoms. The number of amides is 1. The van der Waals surface area contributed by atoms with Crippen molar-refractivity contribution in [2.75, 3.05) is 26.5 Å². The molecule has 1 aromatic carbocycles. The Hall–Kier alpha value is -1.66. The SMILES string of the molecule is COC(=O)CCCCCNC(=O)c1cc(Cl)c(N)cc1OC.Cl. The van der Waals surface area contributed by atoms with Crippen molar-refractivity contribution in [2.45, 2.75) is 25.7 Å². The maximum absolute atomic E-state index is 12.1. The van der Waals surface area contributed by atoms with Crippen LogP contribution in [0.4, 0.5) is 5.69 Å². The first-order valence-electron chi connectivity index (χ1n) is 6.97. The Balaban J connectivity index is 0.00000484. The van der Waals surface area contributed by atoms with Gasteiger partial charge in [0.05, 0.1) is 30.5 Å². The largest absolute Gasteiger partial charge is 0.496 e. The van der Waals surface area contributed by atoms with Crippen molar-refractivity contribution in [3.8, 4) is 5.75 Å². The van der Waals surface area contributed by atoms with E-state index in [9.17, 15) is 9.59 Å².